The number of carbonyl (C=O) groups is 1. The molecule has 2 heterocycles. The Bertz CT molecular complexity index is 851. The van der Waals surface area contributed by atoms with Gasteiger partial charge in [0.2, 0.25) is 0 Å². The molecule has 1 amide bonds. The quantitative estimate of drug-likeness (QED) is 0.736. The van der Waals surface area contributed by atoms with E-state index in [-0.39, 0.29) is 5.91 Å². The van der Waals surface area contributed by atoms with Crippen LogP contribution in [-0.2, 0) is 6.54 Å². The molecular formula is C20H22N4O. The van der Waals surface area contributed by atoms with Gasteiger partial charge < -0.3 is 4.90 Å². The normalized spacial score (nSPS) is 15.6. The van der Waals surface area contributed by atoms with Crippen LogP contribution in [0.1, 0.15) is 10.4 Å². The minimum absolute atomic E-state index is 0.137. The Balaban J connectivity index is 1.35. The summed E-state index contributed by atoms with van der Waals surface area (Å²) < 4.78 is 1.95. The molecule has 0 radical (unpaired) electrons. The van der Waals surface area contributed by atoms with Crippen molar-refractivity contribution in [3.05, 3.63) is 66.5 Å². The minimum Gasteiger partial charge on any atom is -0.336 e. The van der Waals surface area contributed by atoms with Gasteiger partial charge in [-0.2, -0.15) is 5.10 Å². The standard InChI is InChI=1S/C20H22N4O/c25-20(19-7-6-17-4-1-2-5-18(17)16-19)23-13-10-22(11-14-23)12-15-24-9-3-8-21-24/h1-9,16H,10-15H2. The number of hydrogen-bond donors (Lipinski definition) is 0. The minimum atomic E-state index is 0.137. The number of benzene rings is 2. The lowest BCUT2D eigenvalue weighted by molar-refractivity contribution is 0.0632. The Morgan fingerprint density at radius 2 is 1.72 bits per heavy atom. The first kappa shape index (κ1) is 15.8. The van der Waals surface area contributed by atoms with Gasteiger partial charge in [0.25, 0.3) is 5.91 Å². The molecule has 1 fully saturated rings. The van der Waals surface area contributed by atoms with Crippen LogP contribution in [0.2, 0.25) is 0 Å². The summed E-state index contributed by atoms with van der Waals surface area (Å²) in [6.07, 6.45) is 3.79. The number of hydrogen-bond acceptors (Lipinski definition) is 3. The Labute approximate surface area is 147 Å². The lowest BCUT2D eigenvalue weighted by Crippen LogP contribution is -2.49. The number of aromatic nitrogens is 2. The molecule has 2 aromatic carbocycles. The smallest absolute Gasteiger partial charge is 0.253 e. The van der Waals surface area contributed by atoms with Gasteiger partial charge in [0.1, 0.15) is 0 Å². The highest BCUT2D eigenvalue weighted by atomic mass is 16.2. The molecule has 5 heteroatoms. The Morgan fingerprint density at radius 3 is 2.48 bits per heavy atom. The second kappa shape index (κ2) is 7.07. The van der Waals surface area contributed by atoms with Crippen LogP contribution in [0.25, 0.3) is 10.8 Å². The van der Waals surface area contributed by atoms with Crippen LogP contribution in [0.15, 0.2) is 60.9 Å². The van der Waals surface area contributed by atoms with E-state index >= 15 is 0 Å². The molecule has 1 aromatic heterocycles. The van der Waals surface area contributed by atoms with E-state index in [1.54, 1.807) is 6.20 Å². The molecule has 5 nitrogen and oxygen atoms in total. The summed E-state index contributed by atoms with van der Waals surface area (Å²) in [4.78, 5) is 17.1. The molecule has 0 atom stereocenters. The van der Waals surface area contributed by atoms with E-state index < -0.39 is 0 Å². The molecule has 25 heavy (non-hydrogen) atoms. The van der Waals surface area contributed by atoms with Gasteiger partial charge in [0.15, 0.2) is 0 Å². The van der Waals surface area contributed by atoms with Gasteiger partial charge in [-0.3, -0.25) is 14.4 Å². The van der Waals surface area contributed by atoms with Crippen LogP contribution in [0.5, 0.6) is 0 Å². The number of rotatable bonds is 4. The molecule has 0 unspecified atom stereocenters. The van der Waals surface area contributed by atoms with E-state index in [2.05, 4.69) is 22.1 Å². The van der Waals surface area contributed by atoms with E-state index in [0.29, 0.717) is 0 Å². The van der Waals surface area contributed by atoms with Crippen molar-refractivity contribution < 1.29 is 4.79 Å². The van der Waals surface area contributed by atoms with Crippen molar-refractivity contribution >= 4 is 16.7 Å². The molecule has 4 rings (SSSR count). The van der Waals surface area contributed by atoms with Gasteiger partial charge in [-0.05, 0) is 29.0 Å². The Morgan fingerprint density at radius 1 is 0.920 bits per heavy atom. The summed E-state index contributed by atoms with van der Waals surface area (Å²) in [7, 11) is 0. The maximum absolute atomic E-state index is 12.8. The van der Waals surface area contributed by atoms with Gasteiger partial charge in [0, 0.05) is 50.7 Å². The average Bonchev–Trinajstić information content (AvgIpc) is 3.19. The van der Waals surface area contributed by atoms with Gasteiger partial charge >= 0.3 is 0 Å². The van der Waals surface area contributed by atoms with Crippen LogP contribution in [0, 0.1) is 0 Å². The topological polar surface area (TPSA) is 41.4 Å². The second-order valence-corrected chi connectivity index (χ2v) is 6.46. The molecule has 128 valence electrons. The summed E-state index contributed by atoms with van der Waals surface area (Å²) in [5.74, 6) is 0.137. The monoisotopic (exact) mass is 334 g/mol. The third-order valence-corrected chi connectivity index (χ3v) is 4.86. The van der Waals surface area contributed by atoms with Gasteiger partial charge in [-0.25, -0.2) is 0 Å². The zero-order chi connectivity index (χ0) is 17.1. The van der Waals surface area contributed by atoms with Crippen LogP contribution >= 0.6 is 0 Å². The van der Waals surface area contributed by atoms with E-state index in [9.17, 15) is 4.79 Å². The van der Waals surface area contributed by atoms with Crippen molar-refractivity contribution in [2.75, 3.05) is 32.7 Å². The maximum Gasteiger partial charge on any atom is 0.253 e. The van der Waals surface area contributed by atoms with Crippen LogP contribution in [-0.4, -0.2) is 58.2 Å². The van der Waals surface area contributed by atoms with Gasteiger partial charge in [-0.1, -0.05) is 30.3 Å². The van der Waals surface area contributed by atoms with Gasteiger partial charge in [-0.15, -0.1) is 0 Å². The number of amides is 1. The molecular weight excluding hydrogens is 312 g/mol. The van der Waals surface area contributed by atoms with Crippen molar-refractivity contribution in [2.45, 2.75) is 6.54 Å². The van der Waals surface area contributed by atoms with Crippen molar-refractivity contribution in [3.63, 3.8) is 0 Å². The summed E-state index contributed by atoms with van der Waals surface area (Å²) in [5, 5.41) is 6.52. The van der Waals surface area contributed by atoms with Crippen LogP contribution in [0.4, 0.5) is 0 Å². The predicted octanol–water partition coefficient (Wildman–Crippen LogP) is 2.49. The van der Waals surface area contributed by atoms with Gasteiger partial charge in [0.05, 0.1) is 6.54 Å². The number of fused-ring (bicyclic) bond motifs is 1. The van der Waals surface area contributed by atoms with Crippen molar-refractivity contribution in [1.29, 1.82) is 0 Å². The summed E-state index contributed by atoms with van der Waals surface area (Å²) in [5.41, 5.74) is 0.781. The molecule has 0 saturated carbocycles. The molecule has 1 aliphatic rings. The van der Waals surface area contributed by atoms with Crippen LogP contribution < -0.4 is 0 Å². The predicted molar refractivity (Wildman–Crippen MR) is 98.5 cm³/mol. The lowest BCUT2D eigenvalue weighted by atomic mass is 10.1. The molecule has 0 spiro atoms. The maximum atomic E-state index is 12.8. The number of carbonyl (C=O) groups excluding carboxylic acids is 1. The Kier molecular flexibility index (Phi) is 4.48. The first-order valence-corrected chi connectivity index (χ1v) is 8.77. The molecule has 0 N–H and O–H groups in total. The van der Waals surface area contributed by atoms with E-state index in [1.165, 1.54) is 5.39 Å². The van der Waals surface area contributed by atoms with Crippen LogP contribution in [0.3, 0.4) is 0 Å². The highest BCUT2D eigenvalue weighted by Gasteiger charge is 2.22. The second-order valence-electron chi connectivity index (χ2n) is 6.46. The van der Waals surface area contributed by atoms with Crippen molar-refractivity contribution in [3.8, 4) is 0 Å². The van der Waals surface area contributed by atoms with Crippen molar-refractivity contribution in [2.24, 2.45) is 0 Å². The summed E-state index contributed by atoms with van der Waals surface area (Å²) in [6, 6.07) is 16.1. The number of piperazine rings is 1. The highest BCUT2D eigenvalue weighted by Crippen LogP contribution is 2.17. The summed E-state index contributed by atoms with van der Waals surface area (Å²) in [6.45, 7) is 5.27. The largest absolute Gasteiger partial charge is 0.336 e. The molecule has 0 bridgehead atoms. The fourth-order valence-electron chi connectivity index (χ4n) is 3.36. The molecule has 1 aliphatic heterocycles. The molecule has 1 saturated heterocycles. The summed E-state index contributed by atoms with van der Waals surface area (Å²) >= 11 is 0. The van der Waals surface area contributed by atoms with E-state index in [1.807, 2.05) is 52.2 Å². The Hall–Kier alpha value is -2.66. The van der Waals surface area contributed by atoms with Crippen molar-refractivity contribution in [1.82, 2.24) is 19.6 Å². The fourth-order valence-corrected chi connectivity index (χ4v) is 3.36. The zero-order valence-corrected chi connectivity index (χ0v) is 14.2. The average molecular weight is 334 g/mol. The zero-order valence-electron chi connectivity index (χ0n) is 14.2. The fraction of sp³-hybridized carbons (Fsp3) is 0.300. The molecule has 0 aliphatic carbocycles. The highest BCUT2D eigenvalue weighted by molar-refractivity contribution is 5.98. The number of nitrogens with zero attached hydrogens (tertiary/aromatic N) is 4. The third-order valence-electron chi connectivity index (χ3n) is 4.86. The SMILES string of the molecule is O=C(c1ccc2ccccc2c1)N1CCN(CCn2cccn2)CC1. The van der Waals surface area contributed by atoms with E-state index in [4.69, 9.17) is 0 Å². The van der Waals surface area contributed by atoms with E-state index in [0.717, 1.165) is 50.2 Å². The third kappa shape index (κ3) is 3.56. The first-order valence-electron chi connectivity index (χ1n) is 8.77. The molecule has 3 aromatic rings. The lowest BCUT2D eigenvalue weighted by Gasteiger charge is -2.34. The first-order chi connectivity index (χ1) is 12.3.